The molecule has 0 aliphatic rings. The highest BCUT2D eigenvalue weighted by atomic mass is 16.5. The first-order chi connectivity index (χ1) is 11.1. The van der Waals surface area contributed by atoms with Gasteiger partial charge in [-0.2, -0.15) is 5.10 Å². The van der Waals surface area contributed by atoms with E-state index in [0.717, 1.165) is 5.69 Å². The van der Waals surface area contributed by atoms with Crippen LogP contribution in [0.25, 0.3) is 0 Å². The third-order valence-electron chi connectivity index (χ3n) is 2.98. The molecule has 2 aromatic heterocycles. The molecule has 7 nitrogen and oxygen atoms in total. The molecule has 1 aromatic carbocycles. The molecule has 2 heterocycles. The van der Waals surface area contributed by atoms with Crippen LogP contribution in [-0.4, -0.2) is 21.3 Å². The van der Waals surface area contributed by atoms with E-state index in [1.807, 2.05) is 13.0 Å². The molecule has 3 rings (SSSR count). The number of benzene rings is 1. The Morgan fingerprint density at radius 3 is 2.48 bits per heavy atom. The molecule has 0 aliphatic heterocycles. The minimum Gasteiger partial charge on any atom is -0.438 e. The number of aryl methyl sites for hydroxylation is 2. The quantitative estimate of drug-likeness (QED) is 0.796. The summed E-state index contributed by atoms with van der Waals surface area (Å²) in [6.45, 7) is 3.60. The van der Waals surface area contributed by atoms with Gasteiger partial charge in [0.25, 0.3) is 5.91 Å². The highest BCUT2D eigenvalue weighted by Gasteiger charge is 2.09. The summed E-state index contributed by atoms with van der Waals surface area (Å²) in [5, 5.41) is 14.2. The number of nitrogens with one attached hydrogen (secondary N) is 1. The predicted octanol–water partition coefficient (Wildman–Crippen LogP) is 3.13. The molecule has 1 amide bonds. The third kappa shape index (κ3) is 3.70. The number of rotatable bonds is 4. The largest absolute Gasteiger partial charge is 0.438 e. The van der Waals surface area contributed by atoms with E-state index >= 15 is 0 Å². The standard InChI is InChI=1S/C16H14N4O3/c1-10-3-8-15(19-18-10)22-13-6-4-12(5-7-13)16(21)17-14-9-11(2)23-20-14/h3-9H,1-2H3,(H,17,20,21). The second-order valence-corrected chi connectivity index (χ2v) is 4.92. The Balaban J connectivity index is 1.66. The van der Waals surface area contributed by atoms with Crippen molar-refractivity contribution in [3.05, 3.63) is 59.5 Å². The van der Waals surface area contributed by atoms with Gasteiger partial charge in [-0.1, -0.05) is 5.16 Å². The Kier molecular flexibility index (Phi) is 4.01. The van der Waals surface area contributed by atoms with Crippen molar-refractivity contribution in [2.45, 2.75) is 13.8 Å². The van der Waals surface area contributed by atoms with Crippen molar-refractivity contribution >= 4 is 11.7 Å². The topological polar surface area (TPSA) is 90.1 Å². The molecule has 0 spiro atoms. The monoisotopic (exact) mass is 310 g/mol. The highest BCUT2D eigenvalue weighted by molar-refractivity contribution is 6.03. The Morgan fingerprint density at radius 1 is 1.09 bits per heavy atom. The number of amides is 1. The zero-order valence-corrected chi connectivity index (χ0v) is 12.6. The van der Waals surface area contributed by atoms with Crippen molar-refractivity contribution < 1.29 is 14.1 Å². The van der Waals surface area contributed by atoms with Crippen LogP contribution in [-0.2, 0) is 0 Å². The first kappa shape index (κ1) is 14.7. The van der Waals surface area contributed by atoms with Crippen LogP contribution in [0, 0.1) is 13.8 Å². The van der Waals surface area contributed by atoms with E-state index in [-0.39, 0.29) is 5.91 Å². The number of aromatic nitrogens is 3. The summed E-state index contributed by atoms with van der Waals surface area (Å²) in [7, 11) is 0. The van der Waals surface area contributed by atoms with Crippen LogP contribution in [0.2, 0.25) is 0 Å². The van der Waals surface area contributed by atoms with E-state index in [0.29, 0.717) is 28.8 Å². The fourth-order valence-corrected chi connectivity index (χ4v) is 1.85. The van der Waals surface area contributed by atoms with Crippen LogP contribution in [0.5, 0.6) is 11.6 Å². The van der Waals surface area contributed by atoms with Crippen molar-refractivity contribution in [3.8, 4) is 11.6 Å². The molecule has 7 heteroatoms. The van der Waals surface area contributed by atoms with Crippen molar-refractivity contribution in [2.75, 3.05) is 5.32 Å². The molecule has 0 saturated heterocycles. The van der Waals surface area contributed by atoms with Crippen LogP contribution in [0.15, 0.2) is 47.0 Å². The van der Waals surface area contributed by atoms with E-state index < -0.39 is 0 Å². The average Bonchev–Trinajstić information content (AvgIpc) is 2.95. The van der Waals surface area contributed by atoms with Crippen molar-refractivity contribution in [1.82, 2.24) is 15.4 Å². The lowest BCUT2D eigenvalue weighted by Crippen LogP contribution is -2.11. The van der Waals surface area contributed by atoms with E-state index in [1.54, 1.807) is 43.3 Å². The van der Waals surface area contributed by atoms with Gasteiger partial charge in [0.2, 0.25) is 5.88 Å². The summed E-state index contributed by atoms with van der Waals surface area (Å²) in [5.74, 6) is 1.69. The maximum Gasteiger partial charge on any atom is 0.256 e. The Bertz CT molecular complexity index is 810. The number of carbonyl (C=O) groups excluding carboxylic acids is 1. The molecule has 116 valence electrons. The van der Waals surface area contributed by atoms with E-state index in [9.17, 15) is 4.79 Å². The van der Waals surface area contributed by atoms with Gasteiger partial charge in [0.05, 0.1) is 5.69 Å². The normalized spacial score (nSPS) is 10.3. The summed E-state index contributed by atoms with van der Waals surface area (Å²) in [6.07, 6.45) is 0. The summed E-state index contributed by atoms with van der Waals surface area (Å²) >= 11 is 0. The molecule has 0 radical (unpaired) electrons. The Labute approximate surface area is 132 Å². The number of nitrogens with zero attached hydrogens (tertiary/aromatic N) is 3. The maximum absolute atomic E-state index is 12.1. The van der Waals surface area contributed by atoms with E-state index in [2.05, 4.69) is 20.7 Å². The fourth-order valence-electron chi connectivity index (χ4n) is 1.85. The number of ether oxygens (including phenoxy) is 1. The van der Waals surface area contributed by atoms with Crippen molar-refractivity contribution in [2.24, 2.45) is 0 Å². The summed E-state index contributed by atoms with van der Waals surface area (Å²) in [5.41, 5.74) is 1.29. The lowest BCUT2D eigenvalue weighted by atomic mass is 10.2. The molecule has 0 saturated carbocycles. The van der Waals surface area contributed by atoms with Gasteiger partial charge in [0.15, 0.2) is 5.82 Å². The van der Waals surface area contributed by atoms with Crippen LogP contribution >= 0.6 is 0 Å². The van der Waals surface area contributed by atoms with Gasteiger partial charge in [-0.15, -0.1) is 5.10 Å². The molecule has 0 atom stereocenters. The zero-order chi connectivity index (χ0) is 16.2. The molecule has 0 fully saturated rings. The van der Waals surface area contributed by atoms with Gasteiger partial charge >= 0.3 is 0 Å². The van der Waals surface area contributed by atoms with Gasteiger partial charge in [-0.25, -0.2) is 0 Å². The van der Waals surface area contributed by atoms with E-state index in [1.165, 1.54) is 0 Å². The van der Waals surface area contributed by atoms with E-state index in [4.69, 9.17) is 9.26 Å². The Morgan fingerprint density at radius 2 is 1.87 bits per heavy atom. The lowest BCUT2D eigenvalue weighted by Gasteiger charge is -2.05. The molecule has 23 heavy (non-hydrogen) atoms. The molecule has 1 N–H and O–H groups in total. The molecular weight excluding hydrogens is 296 g/mol. The average molecular weight is 310 g/mol. The fraction of sp³-hybridized carbons (Fsp3) is 0.125. The van der Waals surface area contributed by atoms with Crippen LogP contribution in [0.4, 0.5) is 5.82 Å². The highest BCUT2D eigenvalue weighted by Crippen LogP contribution is 2.19. The predicted molar refractivity (Wildman–Crippen MR) is 82.5 cm³/mol. The molecule has 3 aromatic rings. The zero-order valence-electron chi connectivity index (χ0n) is 12.6. The van der Waals surface area contributed by atoms with Crippen LogP contribution in [0.3, 0.4) is 0 Å². The number of carbonyl (C=O) groups is 1. The van der Waals surface area contributed by atoms with Gasteiger partial charge in [0.1, 0.15) is 11.5 Å². The minimum atomic E-state index is -0.278. The molecular formula is C16H14N4O3. The van der Waals surface area contributed by atoms with Gasteiger partial charge in [0, 0.05) is 17.7 Å². The molecule has 0 unspecified atom stereocenters. The molecule has 0 bridgehead atoms. The number of anilines is 1. The number of hydrogen-bond donors (Lipinski definition) is 1. The minimum absolute atomic E-state index is 0.278. The maximum atomic E-state index is 12.1. The van der Waals surface area contributed by atoms with Crippen molar-refractivity contribution in [1.29, 1.82) is 0 Å². The lowest BCUT2D eigenvalue weighted by molar-refractivity contribution is 0.102. The smallest absolute Gasteiger partial charge is 0.256 e. The second kappa shape index (κ2) is 6.27. The summed E-state index contributed by atoms with van der Waals surface area (Å²) < 4.78 is 10.5. The van der Waals surface area contributed by atoms with Crippen LogP contribution in [0.1, 0.15) is 21.8 Å². The SMILES string of the molecule is Cc1ccc(Oc2ccc(C(=O)Nc3cc(C)on3)cc2)nn1. The number of hydrogen-bond acceptors (Lipinski definition) is 6. The van der Waals surface area contributed by atoms with Gasteiger partial charge < -0.3 is 14.6 Å². The third-order valence-corrected chi connectivity index (χ3v) is 2.98. The van der Waals surface area contributed by atoms with Crippen molar-refractivity contribution in [3.63, 3.8) is 0 Å². The first-order valence-electron chi connectivity index (χ1n) is 6.93. The van der Waals surface area contributed by atoms with Gasteiger partial charge in [-0.05, 0) is 44.2 Å². The van der Waals surface area contributed by atoms with Gasteiger partial charge in [-0.3, -0.25) is 4.79 Å². The summed E-state index contributed by atoms with van der Waals surface area (Å²) in [6, 6.07) is 11.9. The second-order valence-electron chi connectivity index (χ2n) is 4.92. The summed E-state index contributed by atoms with van der Waals surface area (Å²) in [4.78, 5) is 12.1. The Hall–Kier alpha value is -3.22. The first-order valence-corrected chi connectivity index (χ1v) is 6.93. The van der Waals surface area contributed by atoms with Crippen LogP contribution < -0.4 is 10.1 Å². The molecule has 0 aliphatic carbocycles.